The molecule has 0 atom stereocenters. The van der Waals surface area contributed by atoms with Crippen molar-refractivity contribution in [3.63, 3.8) is 0 Å². The van der Waals surface area contributed by atoms with Gasteiger partial charge in [0.05, 0.1) is 5.76 Å². The van der Waals surface area contributed by atoms with Crippen LogP contribution in [0.25, 0.3) is 17.1 Å². The summed E-state index contributed by atoms with van der Waals surface area (Å²) >= 11 is 0. The minimum absolute atomic E-state index is 0. The molecule has 0 aliphatic rings. The molecule has 0 amide bonds. The average molecular weight is 290 g/mol. The maximum absolute atomic E-state index is 13.4. The molecule has 1 aromatic carbocycles. The molecule has 2 rings (SSSR count). The van der Waals surface area contributed by atoms with Crippen molar-refractivity contribution in [1.82, 2.24) is 4.98 Å². The SMILES string of the molecule is C=C(O)c1n[c-]oc1-c1ccccc1F.[Rb+]. The van der Waals surface area contributed by atoms with Gasteiger partial charge in [-0.05, 0) is 17.3 Å². The first-order chi connectivity index (χ1) is 7.20. The molecule has 0 spiro atoms. The normalized spacial score (nSPS) is 9.56. The van der Waals surface area contributed by atoms with Crippen molar-refractivity contribution in [1.29, 1.82) is 0 Å². The summed E-state index contributed by atoms with van der Waals surface area (Å²) in [6.07, 6.45) is 2.19. The number of rotatable bonds is 2. The van der Waals surface area contributed by atoms with E-state index < -0.39 is 5.82 Å². The van der Waals surface area contributed by atoms with E-state index in [9.17, 15) is 9.50 Å². The van der Waals surface area contributed by atoms with E-state index in [1.54, 1.807) is 12.1 Å². The smallest absolute Gasteiger partial charge is 0.572 e. The van der Waals surface area contributed by atoms with E-state index >= 15 is 0 Å². The van der Waals surface area contributed by atoms with Crippen LogP contribution in [0.3, 0.4) is 0 Å². The molecule has 1 aromatic heterocycles. The molecule has 1 N–H and O–H groups in total. The molecule has 0 bridgehead atoms. The maximum atomic E-state index is 13.4. The van der Waals surface area contributed by atoms with Crippen LogP contribution in [0.1, 0.15) is 5.69 Å². The standard InChI is InChI=1S/C11H7FNO2.Rb/c1-7(14)10-11(15-6-13-10)8-4-2-3-5-9(8)12;/h2-5,14H,1H2;/q-1;+1. The number of hydrogen-bond acceptors (Lipinski definition) is 3. The summed E-state index contributed by atoms with van der Waals surface area (Å²) in [6, 6.07) is 6.04. The summed E-state index contributed by atoms with van der Waals surface area (Å²) in [4.78, 5) is 3.63. The third-order valence-corrected chi connectivity index (χ3v) is 1.91. The third-order valence-electron chi connectivity index (χ3n) is 1.91. The number of benzene rings is 1. The summed E-state index contributed by atoms with van der Waals surface area (Å²) in [5.74, 6) is -0.607. The summed E-state index contributed by atoms with van der Waals surface area (Å²) in [6.45, 7) is 3.30. The number of hydrogen-bond donors (Lipinski definition) is 1. The fraction of sp³-hybridized carbons (Fsp3) is 0. The predicted molar refractivity (Wildman–Crippen MR) is 52.4 cm³/mol. The number of aliphatic hydroxyl groups is 1. The monoisotopic (exact) mass is 289 g/mol. The Bertz CT molecular complexity index is 510. The van der Waals surface area contributed by atoms with Crippen molar-refractivity contribution in [2.45, 2.75) is 0 Å². The fourth-order valence-electron chi connectivity index (χ4n) is 1.24. The molecule has 0 aliphatic heterocycles. The largest absolute Gasteiger partial charge is 1.00 e. The quantitative estimate of drug-likeness (QED) is 0.616. The molecule has 1 heterocycles. The summed E-state index contributed by atoms with van der Waals surface area (Å²) in [5, 5.41) is 9.19. The van der Waals surface area contributed by atoms with Crippen LogP contribution in [0.2, 0.25) is 0 Å². The van der Waals surface area contributed by atoms with Gasteiger partial charge >= 0.3 is 58.2 Å². The van der Waals surface area contributed by atoms with Crippen LogP contribution < -0.4 is 58.2 Å². The van der Waals surface area contributed by atoms with Gasteiger partial charge in [-0.15, -0.1) is 0 Å². The van der Waals surface area contributed by atoms with E-state index in [-0.39, 0.29) is 81.0 Å². The van der Waals surface area contributed by atoms with Gasteiger partial charge in [0.25, 0.3) is 0 Å². The van der Waals surface area contributed by atoms with Gasteiger partial charge < -0.3 is 14.5 Å². The van der Waals surface area contributed by atoms with E-state index in [4.69, 9.17) is 4.42 Å². The molecule has 2 aromatic rings. The van der Waals surface area contributed by atoms with E-state index in [1.165, 1.54) is 12.1 Å². The number of oxazole rings is 1. The predicted octanol–water partition coefficient (Wildman–Crippen LogP) is -0.186. The van der Waals surface area contributed by atoms with Crippen LogP contribution in [-0.4, -0.2) is 10.1 Å². The van der Waals surface area contributed by atoms with Crippen LogP contribution in [0.4, 0.5) is 4.39 Å². The molecular formula is C11H7FNO2Rb. The van der Waals surface area contributed by atoms with E-state index in [0.29, 0.717) is 0 Å². The molecular weight excluding hydrogens is 283 g/mol. The molecule has 5 heteroatoms. The minimum Gasteiger partial charge on any atom is -0.572 e. The van der Waals surface area contributed by atoms with Crippen molar-refractivity contribution in [2.75, 3.05) is 0 Å². The second kappa shape index (κ2) is 5.86. The summed E-state index contributed by atoms with van der Waals surface area (Å²) < 4.78 is 18.3. The van der Waals surface area contributed by atoms with Gasteiger partial charge in [0, 0.05) is 5.76 Å². The second-order valence-electron chi connectivity index (χ2n) is 2.91. The molecule has 0 saturated carbocycles. The Kier molecular flexibility index (Phi) is 5.05. The topological polar surface area (TPSA) is 46.3 Å². The zero-order chi connectivity index (χ0) is 10.8. The van der Waals surface area contributed by atoms with E-state index in [2.05, 4.69) is 18.0 Å². The number of aromatic nitrogens is 1. The van der Waals surface area contributed by atoms with Crippen LogP contribution in [0, 0.1) is 12.2 Å². The van der Waals surface area contributed by atoms with Gasteiger partial charge in [-0.25, -0.2) is 4.39 Å². The Balaban J connectivity index is 0.00000128. The van der Waals surface area contributed by atoms with Gasteiger partial charge in [-0.2, -0.15) is 0 Å². The van der Waals surface area contributed by atoms with Gasteiger partial charge in [-0.1, -0.05) is 24.8 Å². The third kappa shape index (κ3) is 2.68. The second-order valence-corrected chi connectivity index (χ2v) is 2.91. The first-order valence-corrected chi connectivity index (χ1v) is 4.20. The van der Waals surface area contributed by atoms with Crippen LogP contribution in [0.15, 0.2) is 35.3 Å². The van der Waals surface area contributed by atoms with Crippen molar-refractivity contribution in [3.05, 3.63) is 48.7 Å². The summed E-state index contributed by atoms with van der Waals surface area (Å²) in [5.41, 5.74) is 0.316. The van der Waals surface area contributed by atoms with E-state index in [1.807, 2.05) is 0 Å². The maximum Gasteiger partial charge on any atom is 1.00 e. The fourth-order valence-corrected chi connectivity index (χ4v) is 1.24. The Morgan fingerprint density at radius 3 is 2.75 bits per heavy atom. The Morgan fingerprint density at radius 1 is 1.44 bits per heavy atom. The Labute approximate surface area is 141 Å². The zero-order valence-corrected chi connectivity index (χ0v) is 13.6. The van der Waals surface area contributed by atoms with E-state index in [0.717, 1.165) is 0 Å². The van der Waals surface area contributed by atoms with Gasteiger partial charge in [0.1, 0.15) is 12.2 Å². The van der Waals surface area contributed by atoms with Gasteiger partial charge in [0.15, 0.2) is 0 Å². The van der Waals surface area contributed by atoms with Crippen molar-refractivity contribution < 1.29 is 72.1 Å². The Morgan fingerprint density at radius 2 is 2.12 bits per heavy atom. The zero-order valence-electron chi connectivity index (χ0n) is 8.70. The van der Waals surface area contributed by atoms with Crippen molar-refractivity contribution >= 4 is 5.76 Å². The molecule has 0 unspecified atom stereocenters. The number of nitrogens with zero attached hydrogens (tertiary/aromatic N) is 1. The molecule has 0 saturated heterocycles. The van der Waals surface area contributed by atoms with Gasteiger partial charge in [-0.3, -0.25) is 0 Å². The molecule has 3 nitrogen and oxygen atoms in total. The molecule has 0 radical (unpaired) electrons. The first kappa shape index (κ1) is 13.8. The molecule has 0 aliphatic carbocycles. The molecule has 0 fully saturated rings. The number of halogens is 1. The van der Waals surface area contributed by atoms with Crippen LogP contribution in [-0.2, 0) is 0 Å². The minimum atomic E-state index is -0.454. The van der Waals surface area contributed by atoms with Crippen molar-refractivity contribution in [2.24, 2.45) is 0 Å². The average Bonchev–Trinajstić information content (AvgIpc) is 2.67. The van der Waals surface area contributed by atoms with Crippen LogP contribution in [0.5, 0.6) is 0 Å². The molecule has 16 heavy (non-hydrogen) atoms. The summed E-state index contributed by atoms with van der Waals surface area (Å²) in [7, 11) is 0. The molecule has 76 valence electrons. The van der Waals surface area contributed by atoms with Crippen LogP contribution >= 0.6 is 0 Å². The number of aliphatic hydroxyl groups excluding tert-OH is 1. The van der Waals surface area contributed by atoms with Gasteiger partial charge in [0.2, 0.25) is 0 Å². The van der Waals surface area contributed by atoms with Crippen molar-refractivity contribution in [3.8, 4) is 11.3 Å². The first-order valence-electron chi connectivity index (χ1n) is 4.20. The Hall–Kier alpha value is -0.295.